The van der Waals surface area contributed by atoms with E-state index in [2.05, 4.69) is 14.7 Å². The lowest BCUT2D eigenvalue weighted by atomic mass is 10.0. The van der Waals surface area contributed by atoms with Crippen LogP contribution in [-0.2, 0) is 16.1 Å². The predicted octanol–water partition coefficient (Wildman–Crippen LogP) is 3.86. The molecule has 1 N–H and O–H groups in total. The van der Waals surface area contributed by atoms with E-state index in [0.717, 1.165) is 11.8 Å². The van der Waals surface area contributed by atoms with Crippen LogP contribution in [0.25, 0.3) is 0 Å². The number of aliphatic hydroxyl groups is 1. The van der Waals surface area contributed by atoms with Gasteiger partial charge < -0.3 is 19.3 Å². The SMILES string of the molecule is COC(=O)/N=C(SC)/C(=N/c1ccc(C#N)cc1)c1cc(OC)cc(COCCO)c1F. The fourth-order valence-corrected chi connectivity index (χ4v) is 3.10. The molecule has 0 heterocycles. The molecule has 0 saturated heterocycles. The lowest BCUT2D eigenvalue weighted by molar-refractivity contribution is 0.0798. The Kier molecular flexibility index (Phi) is 9.81. The molecule has 0 bridgehead atoms. The smallest absolute Gasteiger partial charge is 0.434 e. The van der Waals surface area contributed by atoms with Crippen molar-refractivity contribution in [2.75, 3.05) is 33.7 Å². The van der Waals surface area contributed by atoms with E-state index in [1.807, 2.05) is 6.07 Å². The number of nitriles is 1. The van der Waals surface area contributed by atoms with Crippen LogP contribution in [0.5, 0.6) is 5.75 Å². The molecule has 0 radical (unpaired) electrons. The first-order chi connectivity index (χ1) is 15.5. The molecule has 0 aliphatic heterocycles. The third-order valence-corrected chi connectivity index (χ3v) is 4.78. The Bertz CT molecular complexity index is 1050. The highest BCUT2D eigenvalue weighted by Crippen LogP contribution is 2.27. The number of nitrogens with zero attached hydrogens (tertiary/aromatic N) is 3. The Morgan fingerprint density at radius 3 is 2.53 bits per heavy atom. The number of rotatable bonds is 8. The number of benzene rings is 2. The lowest BCUT2D eigenvalue weighted by Crippen LogP contribution is -2.17. The average Bonchev–Trinajstić information content (AvgIpc) is 2.82. The van der Waals surface area contributed by atoms with Crippen molar-refractivity contribution in [1.82, 2.24) is 0 Å². The molecule has 8 nitrogen and oxygen atoms in total. The largest absolute Gasteiger partial charge is 0.497 e. The number of hydrogen-bond acceptors (Lipinski definition) is 8. The number of hydrogen-bond donors (Lipinski definition) is 1. The van der Waals surface area contributed by atoms with Crippen molar-refractivity contribution in [3.63, 3.8) is 0 Å². The highest BCUT2D eigenvalue weighted by Gasteiger charge is 2.21. The predicted molar refractivity (Wildman–Crippen MR) is 120 cm³/mol. The third-order valence-electron chi connectivity index (χ3n) is 4.11. The van der Waals surface area contributed by atoms with E-state index in [-0.39, 0.29) is 41.7 Å². The van der Waals surface area contributed by atoms with Gasteiger partial charge in [0.2, 0.25) is 0 Å². The summed E-state index contributed by atoms with van der Waals surface area (Å²) in [4.78, 5) is 20.2. The quantitative estimate of drug-likeness (QED) is 0.362. The zero-order chi connectivity index (χ0) is 23.5. The Labute approximate surface area is 189 Å². The van der Waals surface area contributed by atoms with Gasteiger partial charge in [-0.3, -0.25) is 0 Å². The third kappa shape index (κ3) is 6.62. The molecule has 0 atom stereocenters. The van der Waals surface area contributed by atoms with E-state index in [4.69, 9.17) is 19.8 Å². The maximum absolute atomic E-state index is 15.5. The van der Waals surface area contributed by atoms with E-state index in [1.54, 1.807) is 30.5 Å². The van der Waals surface area contributed by atoms with Gasteiger partial charge in [-0.15, -0.1) is 11.8 Å². The van der Waals surface area contributed by atoms with Crippen molar-refractivity contribution in [3.8, 4) is 11.8 Å². The van der Waals surface area contributed by atoms with Crippen LogP contribution in [0.4, 0.5) is 14.9 Å². The minimum Gasteiger partial charge on any atom is -0.497 e. The van der Waals surface area contributed by atoms with Gasteiger partial charge in [0.15, 0.2) is 0 Å². The minimum atomic E-state index is -0.864. The van der Waals surface area contributed by atoms with E-state index in [9.17, 15) is 4.79 Å². The summed E-state index contributed by atoms with van der Waals surface area (Å²) in [6.07, 6.45) is 0.802. The summed E-state index contributed by atoms with van der Waals surface area (Å²) in [6.45, 7) is -0.270. The van der Waals surface area contributed by atoms with Crippen LogP contribution in [0.2, 0.25) is 0 Å². The first kappa shape index (κ1) is 25.0. The molecule has 10 heteroatoms. The second-order valence-electron chi connectivity index (χ2n) is 6.13. The second-order valence-corrected chi connectivity index (χ2v) is 6.93. The standard InChI is InChI=1S/C22H22FN3O5S/c1-29-17-10-15(13-31-9-8-27)19(23)18(11-17)20(21(32-3)26-22(28)30-2)25-16-6-4-14(12-24)5-7-16/h4-7,10-11,27H,8-9,13H2,1-3H3/b25-20+,26-21-. The van der Waals surface area contributed by atoms with Crippen LogP contribution in [0.15, 0.2) is 46.4 Å². The van der Waals surface area contributed by atoms with Gasteiger partial charge in [0, 0.05) is 11.1 Å². The van der Waals surface area contributed by atoms with Gasteiger partial charge in [-0.1, -0.05) is 0 Å². The Morgan fingerprint density at radius 2 is 1.97 bits per heavy atom. The Balaban J connectivity index is 2.71. The van der Waals surface area contributed by atoms with Crippen LogP contribution < -0.4 is 4.74 Å². The van der Waals surface area contributed by atoms with Gasteiger partial charge in [0.1, 0.15) is 22.3 Å². The summed E-state index contributed by atoms with van der Waals surface area (Å²) in [7, 11) is 2.62. The summed E-state index contributed by atoms with van der Waals surface area (Å²) >= 11 is 1.09. The molecular weight excluding hydrogens is 437 g/mol. The van der Waals surface area contributed by atoms with Crippen molar-refractivity contribution in [2.45, 2.75) is 6.61 Å². The van der Waals surface area contributed by atoms with Crippen molar-refractivity contribution >= 4 is 34.3 Å². The number of methoxy groups -OCH3 is 2. The van der Waals surface area contributed by atoms with Crippen LogP contribution in [0, 0.1) is 17.1 Å². The number of ether oxygens (including phenoxy) is 3. The molecule has 0 fully saturated rings. The number of thioether (sulfide) groups is 1. The normalized spacial score (nSPS) is 11.8. The molecule has 2 aromatic rings. The fourth-order valence-electron chi connectivity index (χ4n) is 2.58. The van der Waals surface area contributed by atoms with Crippen molar-refractivity contribution < 1.29 is 28.5 Å². The zero-order valence-corrected chi connectivity index (χ0v) is 18.6. The highest BCUT2D eigenvalue weighted by molar-refractivity contribution is 8.15. The van der Waals surface area contributed by atoms with Crippen LogP contribution >= 0.6 is 11.8 Å². The molecule has 2 rings (SSSR count). The van der Waals surface area contributed by atoms with Crippen LogP contribution in [-0.4, -0.2) is 55.6 Å². The molecule has 0 unspecified atom stereocenters. The Morgan fingerprint density at radius 1 is 1.25 bits per heavy atom. The number of amides is 1. The number of carbonyl (C=O) groups is 1. The van der Waals surface area contributed by atoms with Crippen LogP contribution in [0.3, 0.4) is 0 Å². The molecule has 0 saturated carbocycles. The maximum atomic E-state index is 15.5. The summed E-state index contributed by atoms with van der Waals surface area (Å²) in [6, 6.07) is 11.3. The molecule has 32 heavy (non-hydrogen) atoms. The molecule has 2 aromatic carbocycles. The summed E-state index contributed by atoms with van der Waals surface area (Å²) in [5.41, 5.74) is 1.15. The van der Waals surface area contributed by atoms with Gasteiger partial charge in [0.25, 0.3) is 0 Å². The number of carbonyl (C=O) groups excluding carboxylic acids is 1. The van der Waals surface area contributed by atoms with Gasteiger partial charge in [0.05, 0.1) is 51.4 Å². The number of halogens is 1. The fraction of sp³-hybridized carbons (Fsp3) is 0.273. The molecule has 0 spiro atoms. The first-order valence-electron chi connectivity index (χ1n) is 9.32. The first-order valence-corrected chi connectivity index (χ1v) is 10.5. The van der Waals surface area contributed by atoms with Crippen LogP contribution in [0.1, 0.15) is 16.7 Å². The maximum Gasteiger partial charge on any atom is 0.434 e. The lowest BCUT2D eigenvalue weighted by Gasteiger charge is -2.14. The van der Waals surface area contributed by atoms with Crippen molar-refractivity contribution in [3.05, 3.63) is 58.9 Å². The van der Waals surface area contributed by atoms with E-state index >= 15 is 4.39 Å². The van der Waals surface area contributed by atoms with Crippen molar-refractivity contribution in [2.24, 2.45) is 9.98 Å². The average molecular weight is 459 g/mol. The zero-order valence-electron chi connectivity index (χ0n) is 17.8. The molecule has 0 aliphatic rings. The van der Waals surface area contributed by atoms with Gasteiger partial charge >= 0.3 is 6.09 Å². The highest BCUT2D eigenvalue weighted by atomic mass is 32.2. The summed E-state index contributed by atoms with van der Waals surface area (Å²) < 4.78 is 30.7. The summed E-state index contributed by atoms with van der Waals surface area (Å²) in [5, 5.41) is 18.1. The number of aliphatic imine (C=N–C) groups is 2. The van der Waals surface area contributed by atoms with Gasteiger partial charge in [-0.25, -0.2) is 14.2 Å². The topological polar surface area (TPSA) is 114 Å². The van der Waals surface area contributed by atoms with Crippen molar-refractivity contribution in [1.29, 1.82) is 5.26 Å². The summed E-state index contributed by atoms with van der Waals surface area (Å²) in [5.74, 6) is -0.294. The molecule has 0 aromatic heterocycles. The minimum absolute atomic E-state index is 0.0355. The van der Waals surface area contributed by atoms with E-state index in [1.165, 1.54) is 26.4 Å². The van der Waals surface area contributed by atoms with Gasteiger partial charge in [-0.05, 0) is 42.7 Å². The van der Waals surface area contributed by atoms with Gasteiger partial charge in [-0.2, -0.15) is 10.3 Å². The van der Waals surface area contributed by atoms with E-state index in [0.29, 0.717) is 17.0 Å². The second kappa shape index (κ2) is 12.6. The molecule has 168 valence electrons. The molecule has 0 aliphatic carbocycles. The van der Waals surface area contributed by atoms with E-state index < -0.39 is 11.9 Å². The Hall–Kier alpha value is -3.26. The molecule has 1 amide bonds. The molecular formula is C22H22FN3O5S. The number of aliphatic hydroxyl groups excluding tert-OH is 1. The monoisotopic (exact) mass is 459 g/mol.